The zero-order valence-corrected chi connectivity index (χ0v) is 8.05. The van der Waals surface area contributed by atoms with E-state index in [2.05, 4.69) is 13.8 Å². The summed E-state index contributed by atoms with van der Waals surface area (Å²) in [6.45, 7) is 4.33. The zero-order valence-electron chi connectivity index (χ0n) is 8.05. The van der Waals surface area contributed by atoms with Gasteiger partial charge in [0, 0.05) is 12.0 Å². The molecule has 2 nitrogen and oxygen atoms in total. The van der Waals surface area contributed by atoms with Crippen molar-refractivity contribution in [3.63, 3.8) is 0 Å². The van der Waals surface area contributed by atoms with Gasteiger partial charge in [-0.3, -0.25) is 0 Å². The summed E-state index contributed by atoms with van der Waals surface area (Å²) in [4.78, 5) is 0. The molecule has 2 rings (SSSR count). The first-order valence-electron chi connectivity index (χ1n) is 5.04. The van der Waals surface area contributed by atoms with Crippen LogP contribution in [-0.4, -0.2) is 17.7 Å². The molecule has 2 fully saturated rings. The van der Waals surface area contributed by atoms with Gasteiger partial charge in [-0.05, 0) is 26.7 Å². The Hall–Kier alpha value is -0.0800. The highest BCUT2D eigenvalue weighted by molar-refractivity contribution is 5.02. The van der Waals surface area contributed by atoms with Gasteiger partial charge in [-0.15, -0.1) is 0 Å². The van der Waals surface area contributed by atoms with Crippen LogP contribution in [0, 0.1) is 5.92 Å². The molecule has 12 heavy (non-hydrogen) atoms. The van der Waals surface area contributed by atoms with Crippen LogP contribution in [0.5, 0.6) is 0 Å². The summed E-state index contributed by atoms with van der Waals surface area (Å²) in [5, 5.41) is 0. The molecule has 0 amide bonds. The maximum absolute atomic E-state index is 6.06. The van der Waals surface area contributed by atoms with Gasteiger partial charge in [-0.25, -0.2) is 0 Å². The lowest BCUT2D eigenvalue weighted by atomic mass is 9.80. The highest BCUT2D eigenvalue weighted by Crippen LogP contribution is 2.45. The van der Waals surface area contributed by atoms with Crippen molar-refractivity contribution in [1.29, 1.82) is 0 Å². The van der Waals surface area contributed by atoms with Crippen LogP contribution in [0.2, 0.25) is 0 Å². The first-order valence-corrected chi connectivity index (χ1v) is 5.04. The maximum Gasteiger partial charge on any atom is 0.0910 e. The average Bonchev–Trinajstić information content (AvgIpc) is 2.61. The van der Waals surface area contributed by atoms with Crippen LogP contribution in [0.3, 0.4) is 0 Å². The fourth-order valence-electron chi connectivity index (χ4n) is 2.46. The molecule has 1 saturated heterocycles. The van der Waals surface area contributed by atoms with E-state index in [0.717, 1.165) is 0 Å². The molecule has 3 atom stereocenters. The Morgan fingerprint density at radius 3 is 2.33 bits per heavy atom. The molecule has 0 aromatic rings. The summed E-state index contributed by atoms with van der Waals surface area (Å²) < 4.78 is 5.63. The van der Waals surface area contributed by atoms with Gasteiger partial charge >= 0.3 is 0 Å². The Morgan fingerprint density at radius 2 is 1.83 bits per heavy atom. The van der Waals surface area contributed by atoms with E-state index in [0.29, 0.717) is 18.1 Å². The highest BCUT2D eigenvalue weighted by Gasteiger charge is 2.53. The second kappa shape index (κ2) is 2.71. The van der Waals surface area contributed by atoms with E-state index in [-0.39, 0.29) is 5.60 Å². The predicted molar refractivity (Wildman–Crippen MR) is 48.9 cm³/mol. The third kappa shape index (κ3) is 1.38. The standard InChI is InChI=1S/C10H19NO/c1-10(2)9(12-10)7-5-3-4-6-8(7)11/h7-9H,3-6,11H2,1-2H3. The third-order valence-electron chi connectivity index (χ3n) is 3.32. The largest absolute Gasteiger partial charge is 0.366 e. The summed E-state index contributed by atoms with van der Waals surface area (Å²) in [5.41, 5.74) is 6.19. The Balaban J connectivity index is 1.95. The molecule has 0 spiro atoms. The molecule has 1 heterocycles. The molecule has 1 saturated carbocycles. The lowest BCUT2D eigenvalue weighted by Crippen LogP contribution is -2.37. The molecule has 2 heteroatoms. The second-order valence-electron chi connectivity index (χ2n) is 4.75. The molecule has 2 aliphatic rings. The Bertz CT molecular complexity index is 179. The quantitative estimate of drug-likeness (QED) is 0.606. The minimum absolute atomic E-state index is 0.125. The van der Waals surface area contributed by atoms with Crippen molar-refractivity contribution in [2.45, 2.75) is 57.3 Å². The van der Waals surface area contributed by atoms with Crippen LogP contribution in [0.25, 0.3) is 0 Å². The van der Waals surface area contributed by atoms with Gasteiger partial charge in [-0.1, -0.05) is 12.8 Å². The van der Waals surface area contributed by atoms with Gasteiger partial charge in [0.25, 0.3) is 0 Å². The van der Waals surface area contributed by atoms with E-state index in [4.69, 9.17) is 10.5 Å². The molecule has 3 unspecified atom stereocenters. The Kier molecular flexibility index (Phi) is 1.92. The van der Waals surface area contributed by atoms with Gasteiger partial charge in [-0.2, -0.15) is 0 Å². The van der Waals surface area contributed by atoms with E-state index in [1.165, 1.54) is 25.7 Å². The SMILES string of the molecule is CC1(C)OC1C1CCCCC1N. The van der Waals surface area contributed by atoms with Gasteiger partial charge < -0.3 is 10.5 Å². The Labute approximate surface area is 74.5 Å². The van der Waals surface area contributed by atoms with Gasteiger partial charge in [0.15, 0.2) is 0 Å². The van der Waals surface area contributed by atoms with Crippen LogP contribution < -0.4 is 5.73 Å². The number of hydrogen-bond acceptors (Lipinski definition) is 2. The first kappa shape index (κ1) is 8.52. The maximum atomic E-state index is 6.06. The number of epoxide rings is 1. The number of nitrogens with two attached hydrogens (primary N) is 1. The van der Waals surface area contributed by atoms with E-state index >= 15 is 0 Å². The fraction of sp³-hybridized carbons (Fsp3) is 1.00. The molecule has 0 aromatic carbocycles. The molecule has 70 valence electrons. The number of ether oxygens (including phenoxy) is 1. The van der Waals surface area contributed by atoms with Crippen molar-refractivity contribution in [3.8, 4) is 0 Å². The monoisotopic (exact) mass is 169 g/mol. The first-order chi connectivity index (χ1) is 5.61. The lowest BCUT2D eigenvalue weighted by Gasteiger charge is -2.27. The summed E-state index contributed by atoms with van der Waals surface area (Å²) in [5.74, 6) is 0.633. The van der Waals surface area contributed by atoms with Crippen LogP contribution in [0.15, 0.2) is 0 Å². The van der Waals surface area contributed by atoms with Crippen molar-refractivity contribution in [2.75, 3.05) is 0 Å². The van der Waals surface area contributed by atoms with Crippen molar-refractivity contribution in [1.82, 2.24) is 0 Å². The third-order valence-corrected chi connectivity index (χ3v) is 3.32. The van der Waals surface area contributed by atoms with Crippen molar-refractivity contribution >= 4 is 0 Å². The predicted octanol–water partition coefficient (Wildman–Crippen LogP) is 1.68. The van der Waals surface area contributed by atoms with E-state index in [1.54, 1.807) is 0 Å². The average molecular weight is 169 g/mol. The minimum atomic E-state index is 0.125. The molecular weight excluding hydrogens is 150 g/mol. The van der Waals surface area contributed by atoms with Crippen LogP contribution in [0.1, 0.15) is 39.5 Å². The topological polar surface area (TPSA) is 38.5 Å². The summed E-state index contributed by atoms with van der Waals surface area (Å²) in [7, 11) is 0. The van der Waals surface area contributed by atoms with E-state index in [1.807, 2.05) is 0 Å². The van der Waals surface area contributed by atoms with Crippen molar-refractivity contribution in [3.05, 3.63) is 0 Å². The number of rotatable bonds is 1. The normalized spacial score (nSPS) is 45.8. The molecule has 0 bridgehead atoms. The van der Waals surface area contributed by atoms with Crippen LogP contribution >= 0.6 is 0 Å². The van der Waals surface area contributed by atoms with Gasteiger partial charge in [0.1, 0.15) is 0 Å². The van der Waals surface area contributed by atoms with E-state index < -0.39 is 0 Å². The number of hydrogen-bond donors (Lipinski definition) is 1. The summed E-state index contributed by atoms with van der Waals surface area (Å²) >= 11 is 0. The highest BCUT2D eigenvalue weighted by atomic mass is 16.6. The van der Waals surface area contributed by atoms with Gasteiger partial charge in [0.05, 0.1) is 11.7 Å². The molecule has 0 aromatic heterocycles. The zero-order chi connectivity index (χ0) is 8.77. The summed E-state index contributed by atoms with van der Waals surface area (Å²) in [6, 6.07) is 0.394. The molecule has 1 aliphatic heterocycles. The minimum Gasteiger partial charge on any atom is -0.366 e. The smallest absolute Gasteiger partial charge is 0.0910 e. The van der Waals surface area contributed by atoms with Crippen molar-refractivity contribution in [2.24, 2.45) is 11.7 Å². The summed E-state index contributed by atoms with van der Waals surface area (Å²) in [6.07, 6.45) is 5.57. The second-order valence-corrected chi connectivity index (χ2v) is 4.75. The molecule has 0 radical (unpaired) electrons. The lowest BCUT2D eigenvalue weighted by molar-refractivity contribution is 0.231. The molecule has 2 N–H and O–H groups in total. The fourth-order valence-corrected chi connectivity index (χ4v) is 2.46. The van der Waals surface area contributed by atoms with Gasteiger partial charge in [0.2, 0.25) is 0 Å². The Morgan fingerprint density at radius 1 is 1.25 bits per heavy atom. The van der Waals surface area contributed by atoms with Crippen LogP contribution in [-0.2, 0) is 4.74 Å². The molecule has 1 aliphatic carbocycles. The van der Waals surface area contributed by atoms with Crippen LogP contribution in [0.4, 0.5) is 0 Å². The van der Waals surface area contributed by atoms with E-state index in [9.17, 15) is 0 Å². The van der Waals surface area contributed by atoms with Crippen molar-refractivity contribution < 1.29 is 4.74 Å². The molecular formula is C10H19NO.